The highest BCUT2D eigenvalue weighted by atomic mass is 35.5. The van der Waals surface area contributed by atoms with Crippen LogP contribution in [0.1, 0.15) is 13.3 Å². The van der Waals surface area contributed by atoms with Gasteiger partial charge in [0.2, 0.25) is 0 Å². The molecule has 108 valence electrons. The van der Waals surface area contributed by atoms with Gasteiger partial charge in [-0.05, 0) is 31.3 Å². The van der Waals surface area contributed by atoms with Crippen LogP contribution in [-0.2, 0) is 0 Å². The fourth-order valence-electron chi connectivity index (χ4n) is 2.02. The lowest BCUT2D eigenvalue weighted by atomic mass is 10.1. The standard InChI is InChI=1S/C16H20ClNO2/c1-12(19)11-18-9-4-10-20-15-8-7-13-5-2-3-6-14(13)16(15)17/h2-3,5-8,12,18-19H,4,9-11H2,1H3. The molecule has 1 atom stereocenters. The van der Waals surface area contributed by atoms with Crippen molar-refractivity contribution in [1.29, 1.82) is 0 Å². The van der Waals surface area contributed by atoms with E-state index in [0.717, 1.165) is 29.5 Å². The fourth-order valence-corrected chi connectivity index (χ4v) is 2.30. The summed E-state index contributed by atoms with van der Waals surface area (Å²) in [6, 6.07) is 11.9. The van der Waals surface area contributed by atoms with Crippen LogP contribution >= 0.6 is 11.6 Å². The Kier molecular flexibility index (Phi) is 5.65. The third-order valence-electron chi connectivity index (χ3n) is 3.02. The van der Waals surface area contributed by atoms with E-state index in [-0.39, 0.29) is 6.10 Å². The fraction of sp³-hybridized carbons (Fsp3) is 0.375. The molecule has 0 saturated carbocycles. The third kappa shape index (κ3) is 4.10. The van der Waals surface area contributed by atoms with Crippen LogP contribution in [0.2, 0.25) is 5.02 Å². The number of rotatable bonds is 7. The highest BCUT2D eigenvalue weighted by Gasteiger charge is 2.05. The Hall–Kier alpha value is -1.29. The summed E-state index contributed by atoms with van der Waals surface area (Å²) in [5.41, 5.74) is 0. The van der Waals surface area contributed by atoms with Crippen molar-refractivity contribution in [3.8, 4) is 5.75 Å². The number of hydrogen-bond acceptors (Lipinski definition) is 3. The molecule has 2 aromatic carbocycles. The first kappa shape index (κ1) is 15.1. The number of hydrogen-bond donors (Lipinski definition) is 2. The summed E-state index contributed by atoms with van der Waals surface area (Å²) in [5, 5.41) is 15.1. The van der Waals surface area contributed by atoms with Gasteiger partial charge in [-0.3, -0.25) is 0 Å². The second-order valence-electron chi connectivity index (χ2n) is 4.85. The Labute approximate surface area is 124 Å². The van der Waals surface area contributed by atoms with Crippen molar-refractivity contribution in [1.82, 2.24) is 5.32 Å². The first-order valence-electron chi connectivity index (χ1n) is 6.87. The molecule has 0 radical (unpaired) electrons. The zero-order valence-electron chi connectivity index (χ0n) is 11.6. The Morgan fingerprint density at radius 2 is 2.05 bits per heavy atom. The summed E-state index contributed by atoms with van der Waals surface area (Å²) in [7, 11) is 0. The Morgan fingerprint density at radius 1 is 1.25 bits per heavy atom. The molecule has 0 aliphatic carbocycles. The minimum atomic E-state index is -0.314. The van der Waals surface area contributed by atoms with Crippen LogP contribution in [-0.4, -0.2) is 30.9 Å². The molecule has 20 heavy (non-hydrogen) atoms. The third-order valence-corrected chi connectivity index (χ3v) is 3.41. The summed E-state index contributed by atoms with van der Waals surface area (Å²) in [4.78, 5) is 0. The lowest BCUT2D eigenvalue weighted by Crippen LogP contribution is -2.26. The van der Waals surface area contributed by atoms with Gasteiger partial charge in [0.1, 0.15) is 5.75 Å². The van der Waals surface area contributed by atoms with Gasteiger partial charge >= 0.3 is 0 Å². The normalized spacial score (nSPS) is 12.6. The van der Waals surface area contributed by atoms with Crippen LogP contribution in [0.15, 0.2) is 36.4 Å². The topological polar surface area (TPSA) is 41.5 Å². The van der Waals surface area contributed by atoms with Gasteiger partial charge in [0.05, 0.1) is 17.7 Å². The molecule has 2 rings (SSSR count). The predicted molar refractivity (Wildman–Crippen MR) is 83.6 cm³/mol. The van der Waals surface area contributed by atoms with Gasteiger partial charge in [-0.1, -0.05) is 41.9 Å². The van der Waals surface area contributed by atoms with Crippen LogP contribution in [0, 0.1) is 0 Å². The molecule has 1 unspecified atom stereocenters. The number of aliphatic hydroxyl groups excluding tert-OH is 1. The highest BCUT2D eigenvalue weighted by Crippen LogP contribution is 2.32. The van der Waals surface area contributed by atoms with Crippen LogP contribution in [0.4, 0.5) is 0 Å². The van der Waals surface area contributed by atoms with E-state index in [1.165, 1.54) is 0 Å². The van der Waals surface area contributed by atoms with Gasteiger partial charge in [0.15, 0.2) is 0 Å². The monoisotopic (exact) mass is 293 g/mol. The maximum atomic E-state index is 9.11. The number of aliphatic hydroxyl groups is 1. The smallest absolute Gasteiger partial charge is 0.138 e. The van der Waals surface area contributed by atoms with E-state index >= 15 is 0 Å². The van der Waals surface area contributed by atoms with E-state index in [9.17, 15) is 0 Å². The van der Waals surface area contributed by atoms with Gasteiger partial charge in [-0.2, -0.15) is 0 Å². The molecule has 0 fully saturated rings. The van der Waals surface area contributed by atoms with Crippen molar-refractivity contribution in [3.05, 3.63) is 41.4 Å². The first-order chi connectivity index (χ1) is 9.68. The molecule has 0 aliphatic heterocycles. The molecule has 4 heteroatoms. The Bertz CT molecular complexity index is 557. The second-order valence-corrected chi connectivity index (χ2v) is 5.23. The molecule has 3 nitrogen and oxygen atoms in total. The van der Waals surface area contributed by atoms with Gasteiger partial charge in [0, 0.05) is 11.9 Å². The quantitative estimate of drug-likeness (QED) is 0.770. The minimum absolute atomic E-state index is 0.314. The van der Waals surface area contributed by atoms with E-state index in [0.29, 0.717) is 18.2 Å². The average molecular weight is 294 g/mol. The number of ether oxygens (including phenoxy) is 1. The molecule has 0 heterocycles. The Morgan fingerprint density at radius 3 is 2.85 bits per heavy atom. The van der Waals surface area contributed by atoms with Crippen LogP contribution < -0.4 is 10.1 Å². The molecule has 0 saturated heterocycles. The van der Waals surface area contributed by atoms with Crippen LogP contribution in [0.3, 0.4) is 0 Å². The van der Waals surface area contributed by atoms with Crippen molar-refractivity contribution in [2.75, 3.05) is 19.7 Å². The maximum absolute atomic E-state index is 9.11. The SMILES string of the molecule is CC(O)CNCCCOc1ccc2ccccc2c1Cl. The van der Waals surface area contributed by atoms with Crippen molar-refractivity contribution < 1.29 is 9.84 Å². The molecule has 0 bridgehead atoms. The van der Waals surface area contributed by atoms with Crippen molar-refractivity contribution in [3.63, 3.8) is 0 Å². The molecule has 2 N–H and O–H groups in total. The maximum Gasteiger partial charge on any atom is 0.138 e. The van der Waals surface area contributed by atoms with Crippen molar-refractivity contribution >= 4 is 22.4 Å². The molecule has 0 aliphatic rings. The van der Waals surface area contributed by atoms with E-state index in [1.807, 2.05) is 36.4 Å². The van der Waals surface area contributed by atoms with Crippen molar-refractivity contribution in [2.45, 2.75) is 19.4 Å². The molecule has 0 amide bonds. The average Bonchev–Trinajstić information content (AvgIpc) is 2.45. The number of halogens is 1. The largest absolute Gasteiger partial charge is 0.492 e. The second kappa shape index (κ2) is 7.48. The van der Waals surface area contributed by atoms with Crippen LogP contribution in [0.25, 0.3) is 10.8 Å². The van der Waals surface area contributed by atoms with E-state index < -0.39 is 0 Å². The predicted octanol–water partition coefficient (Wildman–Crippen LogP) is 3.23. The summed E-state index contributed by atoms with van der Waals surface area (Å²) in [6.07, 6.45) is 0.557. The lowest BCUT2D eigenvalue weighted by Gasteiger charge is -2.11. The lowest BCUT2D eigenvalue weighted by molar-refractivity contribution is 0.190. The molecule has 0 aromatic heterocycles. The zero-order valence-corrected chi connectivity index (χ0v) is 12.4. The van der Waals surface area contributed by atoms with Gasteiger partial charge in [0.25, 0.3) is 0 Å². The number of fused-ring (bicyclic) bond motifs is 1. The zero-order chi connectivity index (χ0) is 14.4. The van der Waals surface area contributed by atoms with E-state index in [2.05, 4.69) is 5.32 Å². The Balaban J connectivity index is 1.86. The van der Waals surface area contributed by atoms with Gasteiger partial charge in [-0.25, -0.2) is 0 Å². The number of benzene rings is 2. The molecule has 0 spiro atoms. The van der Waals surface area contributed by atoms with Gasteiger partial charge in [-0.15, -0.1) is 0 Å². The van der Waals surface area contributed by atoms with Gasteiger partial charge < -0.3 is 15.2 Å². The summed E-state index contributed by atoms with van der Waals surface area (Å²) >= 11 is 6.35. The van der Waals surface area contributed by atoms with Crippen molar-refractivity contribution in [2.24, 2.45) is 0 Å². The summed E-state index contributed by atoms with van der Waals surface area (Å²) in [5.74, 6) is 0.723. The molecular formula is C16H20ClNO2. The minimum Gasteiger partial charge on any atom is -0.492 e. The molecule has 2 aromatic rings. The van der Waals surface area contributed by atoms with Crippen LogP contribution in [0.5, 0.6) is 5.75 Å². The van der Waals surface area contributed by atoms with E-state index in [1.54, 1.807) is 6.92 Å². The summed E-state index contributed by atoms with van der Waals surface area (Å²) in [6.45, 7) is 3.79. The summed E-state index contributed by atoms with van der Waals surface area (Å²) < 4.78 is 5.72. The van der Waals surface area contributed by atoms with E-state index in [4.69, 9.17) is 21.4 Å². The first-order valence-corrected chi connectivity index (χ1v) is 7.25. The molecular weight excluding hydrogens is 274 g/mol. The highest BCUT2D eigenvalue weighted by molar-refractivity contribution is 6.37. The number of nitrogens with one attached hydrogen (secondary N) is 1.